The van der Waals surface area contributed by atoms with Gasteiger partial charge in [0, 0.05) is 11.1 Å². The van der Waals surface area contributed by atoms with Crippen LogP contribution in [0.1, 0.15) is 25.0 Å². The maximum atomic E-state index is 10.1. The number of rotatable bonds is 3. The quantitative estimate of drug-likeness (QED) is 0.831. The highest BCUT2D eigenvalue weighted by molar-refractivity contribution is 5.50. The molecule has 0 aliphatic rings. The van der Waals surface area contributed by atoms with Gasteiger partial charge in [-0.05, 0) is 32.9 Å². The highest BCUT2D eigenvalue weighted by Crippen LogP contribution is 2.36. The summed E-state index contributed by atoms with van der Waals surface area (Å²) in [7, 11) is 3.21. The van der Waals surface area contributed by atoms with E-state index in [-0.39, 0.29) is 0 Å². The Morgan fingerprint density at radius 2 is 1.53 bits per heavy atom. The van der Waals surface area contributed by atoms with Crippen molar-refractivity contribution in [3.05, 3.63) is 23.3 Å². The topological polar surface area (TPSA) is 38.7 Å². The van der Waals surface area contributed by atoms with Crippen molar-refractivity contribution in [3.8, 4) is 11.5 Å². The van der Waals surface area contributed by atoms with E-state index in [0.717, 1.165) is 16.9 Å². The van der Waals surface area contributed by atoms with E-state index in [0.29, 0.717) is 5.75 Å². The average molecular weight is 210 g/mol. The summed E-state index contributed by atoms with van der Waals surface area (Å²) in [5.74, 6) is 1.44. The predicted molar refractivity (Wildman–Crippen MR) is 59.5 cm³/mol. The molecule has 0 amide bonds. The van der Waals surface area contributed by atoms with Crippen LogP contribution < -0.4 is 9.47 Å². The van der Waals surface area contributed by atoms with Crippen LogP contribution in [0.25, 0.3) is 0 Å². The predicted octanol–water partition coefficient (Wildman–Crippen LogP) is 2.24. The van der Waals surface area contributed by atoms with Crippen molar-refractivity contribution in [1.82, 2.24) is 0 Å². The normalized spacial score (nSPS) is 11.3. The Morgan fingerprint density at radius 1 is 1.07 bits per heavy atom. The van der Waals surface area contributed by atoms with Crippen LogP contribution in [0.4, 0.5) is 0 Å². The Bertz CT molecular complexity index is 351. The van der Waals surface area contributed by atoms with E-state index in [2.05, 4.69) is 0 Å². The Morgan fingerprint density at radius 3 is 1.93 bits per heavy atom. The number of aliphatic hydroxyl groups is 1. The third-order valence-electron chi connectivity index (χ3n) is 2.43. The number of benzene rings is 1. The summed E-state index contributed by atoms with van der Waals surface area (Å²) >= 11 is 0. The minimum absolute atomic E-state index is 0.681. The van der Waals surface area contributed by atoms with E-state index in [1.165, 1.54) is 0 Å². The molecule has 1 aromatic carbocycles. The van der Waals surface area contributed by atoms with Crippen LogP contribution in [-0.4, -0.2) is 19.3 Å². The van der Waals surface area contributed by atoms with Gasteiger partial charge in [0.05, 0.1) is 19.8 Å². The van der Waals surface area contributed by atoms with Crippen molar-refractivity contribution in [2.24, 2.45) is 0 Å². The van der Waals surface area contributed by atoms with E-state index in [9.17, 15) is 5.11 Å². The molecule has 3 nitrogen and oxygen atoms in total. The lowest BCUT2D eigenvalue weighted by Gasteiger charge is -2.24. The molecule has 0 atom stereocenters. The Labute approximate surface area is 90.6 Å². The summed E-state index contributed by atoms with van der Waals surface area (Å²) in [6.07, 6.45) is 0. The first-order chi connectivity index (χ1) is 6.91. The Hall–Kier alpha value is -1.22. The standard InChI is InChI=1S/C12H18O3/c1-8-9(14-4)6-7-10(15-5)11(8)12(2,3)13/h6-7,13H,1-5H3. The molecule has 0 heterocycles. The average Bonchev–Trinajstić information content (AvgIpc) is 2.15. The molecule has 0 spiro atoms. The maximum absolute atomic E-state index is 10.1. The monoisotopic (exact) mass is 210 g/mol. The molecule has 0 bridgehead atoms. The van der Waals surface area contributed by atoms with Crippen LogP contribution in [0.3, 0.4) is 0 Å². The molecule has 3 heteroatoms. The fourth-order valence-corrected chi connectivity index (χ4v) is 1.82. The molecule has 15 heavy (non-hydrogen) atoms. The zero-order chi connectivity index (χ0) is 11.6. The zero-order valence-corrected chi connectivity index (χ0v) is 9.92. The van der Waals surface area contributed by atoms with Gasteiger partial charge in [-0.3, -0.25) is 0 Å². The second-order valence-corrected chi connectivity index (χ2v) is 4.03. The molecule has 0 radical (unpaired) electrons. The van der Waals surface area contributed by atoms with Crippen molar-refractivity contribution in [2.45, 2.75) is 26.4 Å². The molecule has 0 aliphatic carbocycles. The molecular weight excluding hydrogens is 192 g/mol. The fraction of sp³-hybridized carbons (Fsp3) is 0.500. The van der Waals surface area contributed by atoms with Crippen molar-refractivity contribution in [3.63, 3.8) is 0 Å². The van der Waals surface area contributed by atoms with Crippen molar-refractivity contribution in [2.75, 3.05) is 14.2 Å². The van der Waals surface area contributed by atoms with Gasteiger partial charge in [-0.1, -0.05) is 0 Å². The first kappa shape index (κ1) is 11.9. The molecule has 0 aromatic heterocycles. The lowest BCUT2D eigenvalue weighted by molar-refractivity contribution is 0.0746. The maximum Gasteiger partial charge on any atom is 0.125 e. The summed E-state index contributed by atoms with van der Waals surface area (Å²) in [6.45, 7) is 5.38. The van der Waals surface area contributed by atoms with Gasteiger partial charge in [-0.25, -0.2) is 0 Å². The largest absolute Gasteiger partial charge is 0.496 e. The molecule has 0 fully saturated rings. The number of hydrogen-bond acceptors (Lipinski definition) is 3. The molecule has 1 aromatic rings. The van der Waals surface area contributed by atoms with Gasteiger partial charge < -0.3 is 14.6 Å². The van der Waals surface area contributed by atoms with Crippen molar-refractivity contribution in [1.29, 1.82) is 0 Å². The second-order valence-electron chi connectivity index (χ2n) is 4.03. The molecule has 0 saturated heterocycles. The lowest BCUT2D eigenvalue weighted by Crippen LogP contribution is -2.18. The van der Waals surface area contributed by atoms with Gasteiger partial charge in [0.2, 0.25) is 0 Å². The first-order valence-corrected chi connectivity index (χ1v) is 4.86. The minimum Gasteiger partial charge on any atom is -0.496 e. The molecule has 0 saturated carbocycles. The van der Waals surface area contributed by atoms with E-state index < -0.39 is 5.60 Å². The summed E-state index contributed by atoms with van der Waals surface area (Å²) in [4.78, 5) is 0. The van der Waals surface area contributed by atoms with Crippen LogP contribution in [0.5, 0.6) is 11.5 Å². The van der Waals surface area contributed by atoms with E-state index >= 15 is 0 Å². The molecule has 1 rings (SSSR count). The zero-order valence-electron chi connectivity index (χ0n) is 9.92. The van der Waals surface area contributed by atoms with Gasteiger partial charge in [-0.2, -0.15) is 0 Å². The van der Waals surface area contributed by atoms with Crippen LogP contribution in [-0.2, 0) is 5.60 Å². The van der Waals surface area contributed by atoms with Gasteiger partial charge in [-0.15, -0.1) is 0 Å². The van der Waals surface area contributed by atoms with Crippen molar-refractivity contribution < 1.29 is 14.6 Å². The fourth-order valence-electron chi connectivity index (χ4n) is 1.82. The summed E-state index contributed by atoms with van der Waals surface area (Å²) in [6, 6.07) is 3.64. The molecular formula is C12H18O3. The lowest BCUT2D eigenvalue weighted by atomic mass is 9.92. The smallest absolute Gasteiger partial charge is 0.125 e. The highest BCUT2D eigenvalue weighted by atomic mass is 16.5. The molecule has 0 aliphatic heterocycles. The van der Waals surface area contributed by atoms with Crippen molar-refractivity contribution >= 4 is 0 Å². The van der Waals surface area contributed by atoms with E-state index in [1.54, 1.807) is 34.1 Å². The molecule has 0 unspecified atom stereocenters. The number of methoxy groups -OCH3 is 2. The molecule has 1 N–H and O–H groups in total. The van der Waals surface area contributed by atoms with Crippen LogP contribution in [0, 0.1) is 6.92 Å². The van der Waals surface area contributed by atoms with Crippen LogP contribution >= 0.6 is 0 Å². The highest BCUT2D eigenvalue weighted by Gasteiger charge is 2.25. The number of hydrogen-bond donors (Lipinski definition) is 1. The van der Waals surface area contributed by atoms with Crippen LogP contribution in [0.15, 0.2) is 12.1 Å². The van der Waals surface area contributed by atoms with Gasteiger partial charge >= 0.3 is 0 Å². The summed E-state index contributed by atoms with van der Waals surface area (Å²) in [5.41, 5.74) is 0.734. The number of ether oxygens (including phenoxy) is 2. The molecule has 84 valence electrons. The summed E-state index contributed by atoms with van der Waals surface area (Å²) < 4.78 is 10.5. The Balaban J connectivity index is 3.43. The van der Waals surface area contributed by atoms with Crippen LogP contribution in [0.2, 0.25) is 0 Å². The second kappa shape index (κ2) is 4.11. The Kier molecular flexibility index (Phi) is 3.25. The van der Waals surface area contributed by atoms with Gasteiger partial charge in [0.15, 0.2) is 0 Å². The van der Waals surface area contributed by atoms with E-state index in [4.69, 9.17) is 9.47 Å². The minimum atomic E-state index is -0.941. The first-order valence-electron chi connectivity index (χ1n) is 4.86. The van der Waals surface area contributed by atoms with Gasteiger partial charge in [0.25, 0.3) is 0 Å². The summed E-state index contributed by atoms with van der Waals surface area (Å²) in [5, 5.41) is 10.1. The third-order valence-corrected chi connectivity index (χ3v) is 2.43. The third kappa shape index (κ3) is 2.23. The SMILES string of the molecule is COc1ccc(OC)c(C(C)(C)O)c1C. The van der Waals surface area contributed by atoms with Gasteiger partial charge in [0.1, 0.15) is 11.5 Å². The van der Waals surface area contributed by atoms with E-state index in [1.807, 2.05) is 13.0 Å².